The minimum Gasteiger partial charge on any atom is -0.497 e. The van der Waals surface area contributed by atoms with Gasteiger partial charge in [0.1, 0.15) is 5.75 Å². The van der Waals surface area contributed by atoms with Gasteiger partial charge in [-0.15, -0.1) is 0 Å². The van der Waals surface area contributed by atoms with Gasteiger partial charge in [0, 0.05) is 5.69 Å². The Morgan fingerprint density at radius 3 is 2.29 bits per heavy atom. The number of nitrogens with zero attached hydrogens (tertiary/aromatic N) is 2. The average Bonchev–Trinajstić information content (AvgIpc) is 2.57. The third-order valence-corrected chi connectivity index (χ3v) is 3.88. The highest BCUT2D eigenvalue weighted by Crippen LogP contribution is 2.21. The molecule has 0 aliphatic rings. The first-order valence-corrected chi connectivity index (χ1v) is 7.93. The van der Waals surface area contributed by atoms with Crippen molar-refractivity contribution in [2.75, 3.05) is 33.1 Å². The predicted molar refractivity (Wildman–Crippen MR) is 101 cm³/mol. The number of anilines is 1. The molecule has 24 heavy (non-hydrogen) atoms. The maximum Gasteiger partial charge on any atom is 0.193 e. The van der Waals surface area contributed by atoms with E-state index in [9.17, 15) is 0 Å². The topological polar surface area (TPSA) is 62.9 Å². The highest BCUT2D eigenvalue weighted by Gasteiger charge is 2.13. The second-order valence-electron chi connectivity index (χ2n) is 5.97. The van der Waals surface area contributed by atoms with E-state index < -0.39 is 0 Å². The number of ether oxygens (including phenoxy) is 1. The summed E-state index contributed by atoms with van der Waals surface area (Å²) in [5.74, 6) is 1.26. The summed E-state index contributed by atoms with van der Waals surface area (Å²) in [6.07, 6.45) is 0. The zero-order valence-corrected chi connectivity index (χ0v) is 14.8. The molecule has 0 aliphatic heterocycles. The van der Waals surface area contributed by atoms with Gasteiger partial charge in [0.05, 0.1) is 19.7 Å². The molecular formula is C19H26N4O. The van der Waals surface area contributed by atoms with Crippen LogP contribution >= 0.6 is 0 Å². The van der Waals surface area contributed by atoms with E-state index >= 15 is 0 Å². The molecule has 2 aromatic carbocycles. The number of rotatable bonds is 6. The van der Waals surface area contributed by atoms with Crippen LogP contribution in [0.25, 0.3) is 0 Å². The normalized spacial score (nSPS) is 13.0. The van der Waals surface area contributed by atoms with Gasteiger partial charge in [-0.25, -0.2) is 0 Å². The van der Waals surface area contributed by atoms with Gasteiger partial charge in [-0.2, -0.15) is 0 Å². The predicted octanol–water partition coefficient (Wildman–Crippen LogP) is 3.03. The second kappa shape index (κ2) is 8.36. The van der Waals surface area contributed by atoms with E-state index in [2.05, 4.69) is 34.3 Å². The molecule has 2 rings (SSSR count). The fourth-order valence-corrected chi connectivity index (χ4v) is 2.40. The highest BCUT2D eigenvalue weighted by atomic mass is 16.5. The molecular weight excluding hydrogens is 300 g/mol. The van der Waals surface area contributed by atoms with Crippen LogP contribution in [0.4, 0.5) is 5.69 Å². The third kappa shape index (κ3) is 4.99. The minimum absolute atomic E-state index is 0.147. The minimum atomic E-state index is 0.147. The van der Waals surface area contributed by atoms with Crippen LogP contribution < -0.4 is 15.8 Å². The van der Waals surface area contributed by atoms with Gasteiger partial charge in [-0.3, -0.25) is 4.99 Å². The van der Waals surface area contributed by atoms with Crippen LogP contribution in [0.1, 0.15) is 17.2 Å². The van der Waals surface area contributed by atoms with Crippen molar-refractivity contribution in [2.24, 2.45) is 10.7 Å². The van der Waals surface area contributed by atoms with E-state index in [1.54, 1.807) is 7.11 Å². The van der Waals surface area contributed by atoms with Crippen LogP contribution in [-0.2, 0) is 0 Å². The Labute approximate surface area is 144 Å². The summed E-state index contributed by atoms with van der Waals surface area (Å²) in [4.78, 5) is 6.62. The summed E-state index contributed by atoms with van der Waals surface area (Å²) in [6, 6.07) is 16.2. The fraction of sp³-hybridized carbons (Fsp3) is 0.316. The largest absolute Gasteiger partial charge is 0.497 e. The quantitative estimate of drug-likeness (QED) is 0.633. The smallest absolute Gasteiger partial charge is 0.193 e. The van der Waals surface area contributed by atoms with Crippen LogP contribution in [0.5, 0.6) is 5.75 Å². The summed E-state index contributed by atoms with van der Waals surface area (Å²) in [6.45, 7) is 2.63. The van der Waals surface area contributed by atoms with E-state index in [-0.39, 0.29) is 6.04 Å². The molecule has 128 valence electrons. The summed E-state index contributed by atoms with van der Waals surface area (Å²) < 4.78 is 5.21. The van der Waals surface area contributed by atoms with Crippen molar-refractivity contribution >= 4 is 11.6 Å². The number of aryl methyl sites for hydroxylation is 1. The molecule has 0 saturated carbocycles. The number of guanidine groups is 1. The number of nitrogens with one attached hydrogen (secondary N) is 1. The molecule has 0 heterocycles. The number of benzene rings is 2. The Bertz CT molecular complexity index is 663. The maximum atomic E-state index is 6.02. The first-order valence-electron chi connectivity index (χ1n) is 7.93. The van der Waals surface area contributed by atoms with Gasteiger partial charge >= 0.3 is 0 Å². The third-order valence-electron chi connectivity index (χ3n) is 3.88. The van der Waals surface area contributed by atoms with Gasteiger partial charge in [0.25, 0.3) is 0 Å². The monoisotopic (exact) mass is 326 g/mol. The number of methoxy groups -OCH3 is 1. The van der Waals surface area contributed by atoms with Crippen molar-refractivity contribution in [1.29, 1.82) is 0 Å². The van der Waals surface area contributed by atoms with Gasteiger partial charge < -0.3 is 20.7 Å². The average molecular weight is 326 g/mol. The lowest BCUT2D eigenvalue weighted by atomic mass is 10.1. The Morgan fingerprint density at radius 2 is 1.75 bits per heavy atom. The van der Waals surface area contributed by atoms with Gasteiger partial charge in [0.2, 0.25) is 0 Å². The van der Waals surface area contributed by atoms with Crippen molar-refractivity contribution in [3.05, 3.63) is 59.7 Å². The van der Waals surface area contributed by atoms with Crippen molar-refractivity contribution in [2.45, 2.75) is 13.0 Å². The SMILES string of the molecule is COc1ccc(C(CN=C(N)Nc2ccc(C)cc2)N(C)C)cc1. The number of hydrogen-bond acceptors (Lipinski definition) is 3. The first-order chi connectivity index (χ1) is 11.5. The standard InChI is InChI=1S/C19H26N4O/c1-14-5-9-16(10-6-14)22-19(20)21-13-18(23(2)3)15-7-11-17(24-4)12-8-15/h5-12,18H,13H2,1-4H3,(H3,20,21,22). The lowest BCUT2D eigenvalue weighted by Crippen LogP contribution is -2.27. The van der Waals surface area contributed by atoms with Crippen LogP contribution in [0.15, 0.2) is 53.5 Å². The van der Waals surface area contributed by atoms with Crippen molar-refractivity contribution < 1.29 is 4.74 Å². The van der Waals surface area contributed by atoms with Crippen molar-refractivity contribution in [3.8, 4) is 5.75 Å². The molecule has 1 atom stereocenters. The molecule has 0 fully saturated rings. The molecule has 0 aliphatic carbocycles. The molecule has 0 aromatic heterocycles. The van der Waals surface area contributed by atoms with E-state index in [1.165, 1.54) is 11.1 Å². The lowest BCUT2D eigenvalue weighted by molar-refractivity contribution is 0.306. The van der Waals surface area contributed by atoms with Gasteiger partial charge in [-0.05, 0) is 50.8 Å². The molecule has 1 unspecified atom stereocenters. The van der Waals surface area contributed by atoms with Crippen LogP contribution in [0.3, 0.4) is 0 Å². The molecule has 2 aromatic rings. The zero-order valence-electron chi connectivity index (χ0n) is 14.8. The highest BCUT2D eigenvalue weighted by molar-refractivity contribution is 5.92. The van der Waals surface area contributed by atoms with E-state index in [0.29, 0.717) is 12.5 Å². The van der Waals surface area contributed by atoms with Gasteiger partial charge in [-0.1, -0.05) is 29.8 Å². The van der Waals surface area contributed by atoms with E-state index in [0.717, 1.165) is 11.4 Å². The van der Waals surface area contributed by atoms with E-state index in [1.807, 2.05) is 50.5 Å². The van der Waals surface area contributed by atoms with Gasteiger partial charge in [0.15, 0.2) is 5.96 Å². The molecule has 0 saturated heterocycles. The Balaban J connectivity index is 2.05. The first kappa shape index (κ1) is 17.8. The molecule has 0 spiro atoms. The second-order valence-corrected chi connectivity index (χ2v) is 5.97. The van der Waals surface area contributed by atoms with Crippen molar-refractivity contribution in [1.82, 2.24) is 4.90 Å². The molecule has 5 nitrogen and oxygen atoms in total. The maximum absolute atomic E-state index is 6.02. The number of aliphatic imine (C=N–C) groups is 1. The Hall–Kier alpha value is -2.53. The van der Waals surface area contributed by atoms with E-state index in [4.69, 9.17) is 10.5 Å². The molecule has 3 N–H and O–H groups in total. The molecule has 0 amide bonds. The molecule has 0 bridgehead atoms. The summed E-state index contributed by atoms with van der Waals surface area (Å²) in [5.41, 5.74) is 9.34. The lowest BCUT2D eigenvalue weighted by Gasteiger charge is -2.23. The number of hydrogen-bond donors (Lipinski definition) is 2. The summed E-state index contributed by atoms with van der Waals surface area (Å²) in [5, 5.41) is 3.12. The number of likely N-dealkylation sites (N-methyl/N-ethyl adjacent to an activating group) is 1. The molecule has 0 radical (unpaired) electrons. The fourth-order valence-electron chi connectivity index (χ4n) is 2.40. The van der Waals surface area contributed by atoms with Crippen LogP contribution in [0, 0.1) is 6.92 Å². The van der Waals surface area contributed by atoms with Crippen molar-refractivity contribution in [3.63, 3.8) is 0 Å². The molecule has 5 heteroatoms. The summed E-state index contributed by atoms with van der Waals surface area (Å²) >= 11 is 0. The Kier molecular flexibility index (Phi) is 6.21. The zero-order chi connectivity index (χ0) is 17.5. The van der Waals surface area contributed by atoms with Crippen LogP contribution in [0.2, 0.25) is 0 Å². The Morgan fingerprint density at radius 1 is 1.12 bits per heavy atom. The summed E-state index contributed by atoms with van der Waals surface area (Å²) in [7, 11) is 5.74. The number of nitrogens with two attached hydrogens (primary N) is 1. The van der Waals surface area contributed by atoms with Crippen LogP contribution in [-0.4, -0.2) is 38.6 Å².